The van der Waals surface area contributed by atoms with Crippen LogP contribution in [0.15, 0.2) is 67.1 Å². The number of amides is 1. The van der Waals surface area contributed by atoms with Crippen LogP contribution in [0.4, 0.5) is 5.69 Å². The zero-order chi connectivity index (χ0) is 26.0. The van der Waals surface area contributed by atoms with Crippen molar-refractivity contribution in [2.24, 2.45) is 0 Å². The van der Waals surface area contributed by atoms with Gasteiger partial charge in [0, 0.05) is 42.0 Å². The van der Waals surface area contributed by atoms with Gasteiger partial charge >= 0.3 is 0 Å². The molecule has 3 aromatic heterocycles. The number of ether oxygens (including phenoxy) is 2. The molecule has 0 saturated carbocycles. The molecule has 1 aliphatic heterocycles. The zero-order valence-electron chi connectivity index (χ0n) is 20.9. The van der Waals surface area contributed by atoms with Gasteiger partial charge in [-0.2, -0.15) is 0 Å². The molecule has 1 amide bonds. The fourth-order valence-corrected chi connectivity index (χ4v) is 4.69. The summed E-state index contributed by atoms with van der Waals surface area (Å²) in [5.74, 6) is 0.998. The van der Waals surface area contributed by atoms with E-state index in [-0.39, 0.29) is 11.3 Å². The van der Waals surface area contributed by atoms with Crippen molar-refractivity contribution in [1.82, 2.24) is 20.0 Å². The van der Waals surface area contributed by atoms with Gasteiger partial charge < -0.3 is 14.8 Å². The van der Waals surface area contributed by atoms with Gasteiger partial charge in [0.25, 0.3) is 5.91 Å². The number of benzene rings is 1. The molecule has 1 aromatic carbocycles. The number of halogens is 1. The van der Waals surface area contributed by atoms with E-state index in [9.17, 15) is 4.79 Å². The molecule has 5 rings (SSSR count). The van der Waals surface area contributed by atoms with Gasteiger partial charge in [-0.1, -0.05) is 37.6 Å². The molecular weight excluding hydrogens is 490 g/mol. The van der Waals surface area contributed by atoms with E-state index in [0.717, 1.165) is 22.6 Å². The van der Waals surface area contributed by atoms with Crippen molar-refractivity contribution >= 4 is 23.2 Å². The van der Waals surface area contributed by atoms with Crippen molar-refractivity contribution in [3.8, 4) is 22.8 Å². The van der Waals surface area contributed by atoms with E-state index in [1.54, 1.807) is 31.8 Å². The standard InChI is InChI=1S/C28H28ClN5O3/c1-28(2,25-9-4-5-12-31-25)17-37-24-16-30-13-10-18(24)23-15-19-22(11-14-32-27(19)35)34(23)33-21-8-6-7-20(29)26(21)36-3/h4-10,12-13,15-16,33H,11,14,17H2,1-3H3,(H,32,35). The third-order valence-corrected chi connectivity index (χ3v) is 6.70. The first kappa shape index (κ1) is 24.6. The van der Waals surface area contributed by atoms with Crippen LogP contribution in [0.1, 0.15) is 35.6 Å². The second-order valence-electron chi connectivity index (χ2n) is 9.42. The third-order valence-electron chi connectivity index (χ3n) is 6.41. The van der Waals surface area contributed by atoms with Crippen molar-refractivity contribution < 1.29 is 14.3 Å². The average Bonchev–Trinajstić information content (AvgIpc) is 3.28. The molecule has 4 aromatic rings. The number of nitrogens with zero attached hydrogens (tertiary/aromatic N) is 3. The fraction of sp³-hybridized carbons (Fsp3) is 0.250. The van der Waals surface area contributed by atoms with E-state index >= 15 is 0 Å². The minimum atomic E-state index is -0.331. The number of fused-ring (bicyclic) bond motifs is 1. The predicted molar refractivity (Wildman–Crippen MR) is 143 cm³/mol. The average molecular weight is 518 g/mol. The monoisotopic (exact) mass is 517 g/mol. The van der Waals surface area contributed by atoms with Crippen LogP contribution < -0.4 is 20.2 Å². The number of anilines is 1. The summed E-state index contributed by atoms with van der Waals surface area (Å²) in [5.41, 5.74) is 7.72. The maximum absolute atomic E-state index is 12.8. The molecule has 2 N–H and O–H groups in total. The van der Waals surface area contributed by atoms with Crippen molar-refractivity contribution in [3.05, 3.63) is 89.1 Å². The van der Waals surface area contributed by atoms with Gasteiger partial charge in [-0.15, -0.1) is 0 Å². The van der Waals surface area contributed by atoms with Gasteiger partial charge in [0.05, 0.1) is 47.6 Å². The fourth-order valence-electron chi connectivity index (χ4n) is 4.44. The Hall–Kier alpha value is -4.04. The largest absolute Gasteiger partial charge is 0.493 e. The minimum absolute atomic E-state index is 0.117. The first-order valence-electron chi connectivity index (χ1n) is 12.0. The van der Waals surface area contributed by atoms with Crippen LogP contribution in [0.25, 0.3) is 11.3 Å². The Morgan fingerprint density at radius 2 is 2.00 bits per heavy atom. The first-order chi connectivity index (χ1) is 17.9. The molecule has 0 atom stereocenters. The van der Waals surface area contributed by atoms with Crippen molar-refractivity contribution in [2.45, 2.75) is 25.7 Å². The molecular formula is C28H28ClN5O3. The minimum Gasteiger partial charge on any atom is -0.493 e. The Balaban J connectivity index is 1.56. The summed E-state index contributed by atoms with van der Waals surface area (Å²) < 4.78 is 13.8. The maximum atomic E-state index is 12.8. The highest BCUT2D eigenvalue weighted by Gasteiger charge is 2.28. The molecule has 0 unspecified atom stereocenters. The summed E-state index contributed by atoms with van der Waals surface area (Å²) in [6.45, 7) is 5.11. The highest BCUT2D eigenvalue weighted by molar-refractivity contribution is 6.32. The van der Waals surface area contributed by atoms with E-state index in [4.69, 9.17) is 21.1 Å². The molecule has 0 aliphatic carbocycles. The number of carbonyl (C=O) groups is 1. The van der Waals surface area contributed by atoms with Gasteiger partial charge in [-0.05, 0) is 36.4 Å². The number of para-hydroxylation sites is 1. The molecule has 1 aliphatic rings. The van der Waals surface area contributed by atoms with Gasteiger partial charge in [-0.25, -0.2) is 0 Å². The number of pyridine rings is 2. The highest BCUT2D eigenvalue weighted by atomic mass is 35.5. The lowest BCUT2D eigenvalue weighted by Crippen LogP contribution is -2.33. The smallest absolute Gasteiger partial charge is 0.253 e. The Morgan fingerprint density at radius 3 is 2.78 bits per heavy atom. The number of carbonyl (C=O) groups excluding carboxylic acids is 1. The molecule has 0 spiro atoms. The van der Waals surface area contributed by atoms with E-state index in [1.165, 1.54) is 0 Å². The molecule has 4 heterocycles. The van der Waals surface area contributed by atoms with E-state index in [0.29, 0.717) is 47.3 Å². The number of rotatable bonds is 8. The summed E-state index contributed by atoms with van der Waals surface area (Å²) in [6.07, 6.45) is 5.85. The number of nitrogens with one attached hydrogen (secondary N) is 2. The predicted octanol–water partition coefficient (Wildman–Crippen LogP) is 5.12. The van der Waals surface area contributed by atoms with E-state index < -0.39 is 0 Å². The second-order valence-corrected chi connectivity index (χ2v) is 9.83. The van der Waals surface area contributed by atoms with Crippen LogP contribution in [0, 0.1) is 0 Å². The van der Waals surface area contributed by atoms with Crippen LogP contribution in [-0.4, -0.2) is 40.8 Å². The van der Waals surface area contributed by atoms with E-state index in [1.807, 2.05) is 47.1 Å². The Bertz CT molecular complexity index is 1440. The van der Waals surface area contributed by atoms with Crippen LogP contribution in [0.3, 0.4) is 0 Å². The molecule has 0 bridgehead atoms. The quantitative estimate of drug-likeness (QED) is 0.337. The van der Waals surface area contributed by atoms with E-state index in [2.05, 4.69) is 34.6 Å². The highest BCUT2D eigenvalue weighted by Crippen LogP contribution is 2.37. The Kier molecular flexibility index (Phi) is 6.76. The van der Waals surface area contributed by atoms with Gasteiger partial charge in [0.1, 0.15) is 5.75 Å². The zero-order valence-corrected chi connectivity index (χ0v) is 21.7. The Morgan fingerprint density at radius 1 is 1.14 bits per heavy atom. The van der Waals surface area contributed by atoms with Crippen molar-refractivity contribution in [2.75, 3.05) is 25.7 Å². The molecule has 0 fully saturated rings. The van der Waals surface area contributed by atoms with Gasteiger partial charge in [0.2, 0.25) is 0 Å². The summed E-state index contributed by atoms with van der Waals surface area (Å²) in [5, 5.41) is 3.41. The molecule has 9 heteroatoms. The Labute approximate surface area is 220 Å². The van der Waals surface area contributed by atoms with Crippen LogP contribution in [0.5, 0.6) is 11.5 Å². The van der Waals surface area contributed by atoms with Gasteiger partial charge in [-0.3, -0.25) is 24.9 Å². The normalized spacial score (nSPS) is 13.0. The summed E-state index contributed by atoms with van der Waals surface area (Å²) in [4.78, 5) is 21.6. The SMILES string of the molecule is COc1c(Cl)cccc1Nn1c(-c2ccncc2OCC(C)(C)c2ccccn2)cc2c1CCNC2=O. The van der Waals surface area contributed by atoms with Crippen molar-refractivity contribution in [3.63, 3.8) is 0 Å². The molecule has 0 saturated heterocycles. The molecule has 0 radical (unpaired) electrons. The summed E-state index contributed by atoms with van der Waals surface area (Å²) in [7, 11) is 1.57. The number of aromatic nitrogens is 3. The molecule has 8 nitrogen and oxygen atoms in total. The number of methoxy groups -OCH3 is 1. The molecule has 37 heavy (non-hydrogen) atoms. The van der Waals surface area contributed by atoms with Crippen LogP contribution >= 0.6 is 11.6 Å². The van der Waals surface area contributed by atoms with Gasteiger partial charge in [0.15, 0.2) is 5.75 Å². The maximum Gasteiger partial charge on any atom is 0.253 e. The van der Waals surface area contributed by atoms with Crippen molar-refractivity contribution in [1.29, 1.82) is 0 Å². The topological polar surface area (TPSA) is 90.3 Å². The number of hydrogen-bond donors (Lipinski definition) is 2. The number of hydrogen-bond acceptors (Lipinski definition) is 6. The lowest BCUT2D eigenvalue weighted by molar-refractivity contribution is 0.0945. The lowest BCUT2D eigenvalue weighted by atomic mass is 9.90. The third kappa shape index (κ3) is 4.84. The lowest BCUT2D eigenvalue weighted by Gasteiger charge is -2.25. The second kappa shape index (κ2) is 10.1. The molecule has 190 valence electrons. The first-order valence-corrected chi connectivity index (χ1v) is 12.4. The summed E-state index contributed by atoms with van der Waals surface area (Å²) in [6, 6.07) is 15.1. The van der Waals surface area contributed by atoms with Crippen LogP contribution in [-0.2, 0) is 11.8 Å². The van der Waals surface area contributed by atoms with Crippen LogP contribution in [0.2, 0.25) is 5.02 Å². The summed E-state index contributed by atoms with van der Waals surface area (Å²) >= 11 is 6.38.